The highest BCUT2D eigenvalue weighted by Crippen LogP contribution is 2.27. The van der Waals surface area contributed by atoms with E-state index in [-0.39, 0.29) is 5.75 Å². The molecule has 0 spiro atoms. The molecule has 0 bridgehead atoms. The fourth-order valence-corrected chi connectivity index (χ4v) is 1.42. The summed E-state index contributed by atoms with van der Waals surface area (Å²) in [7, 11) is 1.50. The lowest BCUT2D eigenvalue weighted by atomic mass is 10.1. The molecule has 1 N–H and O–H groups in total. The topological polar surface area (TPSA) is 59.4 Å². The molecule has 0 aliphatic carbocycles. The first-order chi connectivity index (χ1) is 7.24. The molecule has 2 aromatic rings. The molecule has 1 aromatic carbocycles. The summed E-state index contributed by atoms with van der Waals surface area (Å²) in [4.78, 5) is 14.6. The fraction of sp³-hybridized carbons (Fsp3) is 0.0909. The summed E-state index contributed by atoms with van der Waals surface area (Å²) >= 11 is 0. The van der Waals surface area contributed by atoms with Crippen LogP contribution in [0.3, 0.4) is 0 Å². The third-order valence-electron chi connectivity index (χ3n) is 2.16. The van der Waals surface area contributed by atoms with Crippen molar-refractivity contribution in [3.8, 4) is 11.6 Å². The highest BCUT2D eigenvalue weighted by molar-refractivity contribution is 5.93. The maximum atomic E-state index is 10.6. The van der Waals surface area contributed by atoms with Gasteiger partial charge in [-0.1, -0.05) is 0 Å². The number of aldehydes is 1. The zero-order chi connectivity index (χ0) is 10.8. The van der Waals surface area contributed by atoms with Gasteiger partial charge in [0.1, 0.15) is 12.0 Å². The quantitative estimate of drug-likeness (QED) is 0.755. The molecule has 0 unspecified atom stereocenters. The zero-order valence-corrected chi connectivity index (χ0v) is 8.10. The Kier molecular flexibility index (Phi) is 2.25. The number of carbonyl (C=O) groups is 1. The number of aromatic nitrogens is 1. The number of rotatable bonds is 2. The van der Waals surface area contributed by atoms with Crippen molar-refractivity contribution in [2.45, 2.75) is 0 Å². The van der Waals surface area contributed by atoms with Crippen molar-refractivity contribution in [2.24, 2.45) is 0 Å². The number of phenols is 1. The molecular formula is C11H9NO3. The number of hydrogen-bond acceptors (Lipinski definition) is 4. The molecular weight excluding hydrogens is 194 g/mol. The van der Waals surface area contributed by atoms with E-state index in [0.717, 1.165) is 0 Å². The summed E-state index contributed by atoms with van der Waals surface area (Å²) in [6.07, 6.45) is 2.24. The zero-order valence-electron chi connectivity index (χ0n) is 8.10. The van der Waals surface area contributed by atoms with Gasteiger partial charge in [-0.2, -0.15) is 0 Å². The van der Waals surface area contributed by atoms with Crippen LogP contribution in [-0.4, -0.2) is 23.5 Å². The van der Waals surface area contributed by atoms with Gasteiger partial charge in [0.2, 0.25) is 5.88 Å². The number of ether oxygens (including phenoxy) is 1. The predicted molar refractivity (Wildman–Crippen MR) is 55.3 cm³/mol. The number of phenolic OH excluding ortho intramolecular Hbond substituents is 1. The number of benzene rings is 1. The number of hydrogen-bond donors (Lipinski definition) is 1. The van der Waals surface area contributed by atoms with Crippen molar-refractivity contribution in [1.82, 2.24) is 4.98 Å². The van der Waals surface area contributed by atoms with E-state index in [4.69, 9.17) is 4.74 Å². The predicted octanol–water partition coefficient (Wildman–Crippen LogP) is 1.76. The second kappa shape index (κ2) is 3.57. The number of aromatic hydroxyl groups is 1. The van der Waals surface area contributed by atoms with Gasteiger partial charge >= 0.3 is 0 Å². The highest BCUT2D eigenvalue weighted by Gasteiger charge is 2.04. The van der Waals surface area contributed by atoms with Crippen molar-refractivity contribution in [1.29, 1.82) is 0 Å². The molecule has 0 atom stereocenters. The molecule has 1 aromatic heterocycles. The second-order valence-corrected chi connectivity index (χ2v) is 3.11. The van der Waals surface area contributed by atoms with Gasteiger partial charge in [0.25, 0.3) is 0 Å². The Morgan fingerprint density at radius 2 is 2.20 bits per heavy atom. The summed E-state index contributed by atoms with van der Waals surface area (Å²) in [6.45, 7) is 0. The van der Waals surface area contributed by atoms with E-state index in [1.54, 1.807) is 18.3 Å². The molecule has 0 fully saturated rings. The molecule has 4 nitrogen and oxygen atoms in total. The van der Waals surface area contributed by atoms with E-state index >= 15 is 0 Å². The Balaban J connectivity index is 2.73. The number of nitrogens with zero attached hydrogens (tertiary/aromatic N) is 1. The van der Waals surface area contributed by atoms with Crippen LogP contribution in [0, 0.1) is 0 Å². The molecule has 0 amide bonds. The van der Waals surface area contributed by atoms with Gasteiger partial charge in [0.15, 0.2) is 0 Å². The maximum absolute atomic E-state index is 10.6. The first-order valence-corrected chi connectivity index (χ1v) is 4.36. The van der Waals surface area contributed by atoms with Crippen LogP contribution >= 0.6 is 0 Å². The molecule has 0 radical (unpaired) electrons. The smallest absolute Gasteiger partial charge is 0.213 e. The molecule has 0 aliphatic rings. The first kappa shape index (κ1) is 9.45. The lowest BCUT2D eigenvalue weighted by molar-refractivity contribution is 0.112. The van der Waals surface area contributed by atoms with E-state index in [1.165, 1.54) is 13.2 Å². The van der Waals surface area contributed by atoms with Crippen LogP contribution in [0.2, 0.25) is 0 Å². The molecule has 0 aliphatic heterocycles. The normalized spacial score (nSPS) is 10.2. The average Bonchev–Trinajstić information content (AvgIpc) is 2.28. The molecule has 76 valence electrons. The molecule has 4 heteroatoms. The van der Waals surface area contributed by atoms with Gasteiger partial charge in [-0.25, -0.2) is 4.98 Å². The number of carbonyl (C=O) groups excluding carboxylic acids is 1. The summed E-state index contributed by atoms with van der Waals surface area (Å²) in [5.41, 5.74) is 0.423. The van der Waals surface area contributed by atoms with Crippen LogP contribution in [0.15, 0.2) is 24.4 Å². The lowest BCUT2D eigenvalue weighted by Gasteiger charge is -2.04. The van der Waals surface area contributed by atoms with Gasteiger partial charge in [0.05, 0.1) is 7.11 Å². The van der Waals surface area contributed by atoms with E-state index in [9.17, 15) is 9.90 Å². The number of methoxy groups -OCH3 is 1. The van der Waals surface area contributed by atoms with Gasteiger partial charge in [-0.05, 0) is 12.1 Å². The average molecular weight is 203 g/mol. The molecule has 0 saturated heterocycles. The van der Waals surface area contributed by atoms with Crippen LogP contribution in [0.25, 0.3) is 10.8 Å². The Bertz CT molecular complexity index is 522. The molecule has 1 heterocycles. The highest BCUT2D eigenvalue weighted by atomic mass is 16.5. The second-order valence-electron chi connectivity index (χ2n) is 3.11. The first-order valence-electron chi connectivity index (χ1n) is 4.36. The van der Waals surface area contributed by atoms with Gasteiger partial charge in [-0.15, -0.1) is 0 Å². The summed E-state index contributed by atoms with van der Waals surface area (Å²) in [6, 6.07) is 4.70. The van der Waals surface area contributed by atoms with Crippen LogP contribution < -0.4 is 4.74 Å². The van der Waals surface area contributed by atoms with Crippen molar-refractivity contribution in [2.75, 3.05) is 7.11 Å². The van der Waals surface area contributed by atoms with E-state index in [1.807, 2.05) is 0 Å². The Hall–Kier alpha value is -2.10. The minimum absolute atomic E-state index is 0.0512. The Morgan fingerprint density at radius 3 is 2.87 bits per heavy atom. The van der Waals surface area contributed by atoms with Crippen LogP contribution in [0.4, 0.5) is 0 Å². The van der Waals surface area contributed by atoms with E-state index < -0.39 is 0 Å². The Morgan fingerprint density at radius 1 is 1.40 bits per heavy atom. The largest absolute Gasteiger partial charge is 0.507 e. The third kappa shape index (κ3) is 1.61. The van der Waals surface area contributed by atoms with E-state index in [0.29, 0.717) is 28.5 Å². The number of pyridine rings is 1. The SMILES string of the molecule is COc1cc2c(O)cc(C=O)cc2cn1. The van der Waals surface area contributed by atoms with Gasteiger partial charge in [0, 0.05) is 28.6 Å². The monoisotopic (exact) mass is 203 g/mol. The molecule has 0 saturated carbocycles. The van der Waals surface area contributed by atoms with Crippen molar-refractivity contribution in [3.05, 3.63) is 30.0 Å². The van der Waals surface area contributed by atoms with E-state index in [2.05, 4.69) is 4.98 Å². The molecule has 2 rings (SSSR count). The summed E-state index contributed by atoms with van der Waals surface area (Å²) in [5.74, 6) is 0.479. The van der Waals surface area contributed by atoms with Gasteiger partial charge in [-0.3, -0.25) is 4.79 Å². The summed E-state index contributed by atoms with van der Waals surface area (Å²) in [5, 5.41) is 11.0. The third-order valence-corrected chi connectivity index (χ3v) is 2.16. The Labute approximate surface area is 86.1 Å². The standard InChI is InChI=1S/C11H9NO3/c1-15-11-4-9-8(5-12-11)2-7(6-13)3-10(9)14/h2-6,14H,1H3. The van der Waals surface area contributed by atoms with Crippen molar-refractivity contribution >= 4 is 17.1 Å². The van der Waals surface area contributed by atoms with Crippen LogP contribution in [-0.2, 0) is 0 Å². The minimum atomic E-state index is 0.0512. The lowest BCUT2D eigenvalue weighted by Crippen LogP contribution is -1.88. The molecule has 15 heavy (non-hydrogen) atoms. The summed E-state index contributed by atoms with van der Waals surface area (Å²) < 4.78 is 4.94. The van der Waals surface area contributed by atoms with Crippen LogP contribution in [0.1, 0.15) is 10.4 Å². The fourth-order valence-electron chi connectivity index (χ4n) is 1.42. The minimum Gasteiger partial charge on any atom is -0.507 e. The van der Waals surface area contributed by atoms with Gasteiger partial charge < -0.3 is 9.84 Å². The van der Waals surface area contributed by atoms with Crippen molar-refractivity contribution in [3.63, 3.8) is 0 Å². The number of fused-ring (bicyclic) bond motifs is 1. The maximum Gasteiger partial charge on any atom is 0.213 e. The van der Waals surface area contributed by atoms with Crippen LogP contribution in [0.5, 0.6) is 11.6 Å². The van der Waals surface area contributed by atoms with Crippen molar-refractivity contribution < 1.29 is 14.6 Å².